The van der Waals surface area contributed by atoms with Gasteiger partial charge in [0.15, 0.2) is 12.6 Å². The Kier molecular flexibility index (Phi) is 12.2. The molecule has 0 radical (unpaired) electrons. The molecule has 0 aromatic rings. The molecular formula is C42H72O13. The fraction of sp³-hybridized carbons (Fsp3) is 0.952. The summed E-state index contributed by atoms with van der Waals surface area (Å²) < 4.78 is 25.1. The summed E-state index contributed by atoms with van der Waals surface area (Å²) in [5, 5.41) is 100. The number of allylic oxidation sites excluding steroid dienone is 2. The summed E-state index contributed by atoms with van der Waals surface area (Å²) in [7, 11) is 0. The molecule has 13 nitrogen and oxygen atoms in total. The third-order valence-electron chi connectivity index (χ3n) is 16.5. The average Bonchev–Trinajstić information content (AvgIpc) is 3.49. The zero-order valence-electron chi connectivity index (χ0n) is 34.4. The average molecular weight is 785 g/mol. The fourth-order valence-electron chi connectivity index (χ4n) is 13.3. The van der Waals surface area contributed by atoms with Crippen LogP contribution in [0.3, 0.4) is 0 Å². The van der Waals surface area contributed by atoms with E-state index in [0.717, 1.165) is 19.3 Å². The maximum atomic E-state index is 12.3. The SMILES string of the molecule is CC(C)=CCC[C@@](C)(O)[C@H]1CC[C@]2(C)C1[C@H](O)CC1[C@@]3(C)CC[C@H](O)C(C)(C)[C@@H]3[C@@H](O[C@@H]3O[C@H](CO)[C@@H](O)[C@H](O)[C@H]3O[C@H]3O[C@@H](C)[C@H](O)[C@@H](O)[C@H]3O)C[C@]12C. The van der Waals surface area contributed by atoms with Crippen molar-refractivity contribution in [2.24, 2.45) is 45.3 Å². The van der Waals surface area contributed by atoms with Crippen molar-refractivity contribution >= 4 is 0 Å². The molecule has 2 heterocycles. The van der Waals surface area contributed by atoms with Crippen molar-refractivity contribution in [1.82, 2.24) is 0 Å². The van der Waals surface area contributed by atoms with Gasteiger partial charge in [-0.15, -0.1) is 0 Å². The smallest absolute Gasteiger partial charge is 0.187 e. The van der Waals surface area contributed by atoms with E-state index in [1.54, 1.807) is 0 Å². The van der Waals surface area contributed by atoms with E-state index in [1.807, 2.05) is 20.8 Å². The first-order chi connectivity index (χ1) is 25.5. The molecule has 0 bridgehead atoms. The lowest BCUT2D eigenvalue weighted by Crippen LogP contribution is -2.71. The largest absolute Gasteiger partial charge is 0.394 e. The van der Waals surface area contributed by atoms with Gasteiger partial charge in [-0.2, -0.15) is 0 Å². The molecule has 55 heavy (non-hydrogen) atoms. The Morgan fingerprint density at radius 1 is 0.818 bits per heavy atom. The Bertz CT molecular complexity index is 1390. The second-order valence-electron chi connectivity index (χ2n) is 20.3. The molecule has 2 saturated heterocycles. The van der Waals surface area contributed by atoms with Crippen molar-refractivity contribution in [3.8, 4) is 0 Å². The van der Waals surface area contributed by atoms with Crippen LogP contribution in [0.5, 0.6) is 0 Å². The lowest BCUT2D eigenvalue weighted by atomic mass is 9.34. The number of rotatable bonds is 9. The maximum Gasteiger partial charge on any atom is 0.187 e. The first-order valence-corrected chi connectivity index (χ1v) is 20.8. The monoisotopic (exact) mass is 784 g/mol. The molecule has 6 fully saturated rings. The van der Waals surface area contributed by atoms with E-state index < -0.39 is 114 Å². The van der Waals surface area contributed by atoms with Gasteiger partial charge >= 0.3 is 0 Å². The van der Waals surface area contributed by atoms with Gasteiger partial charge in [0.2, 0.25) is 0 Å². The minimum atomic E-state index is -1.70. The zero-order valence-corrected chi connectivity index (χ0v) is 34.4. The van der Waals surface area contributed by atoms with Crippen LogP contribution in [0.25, 0.3) is 0 Å². The molecule has 6 aliphatic rings. The molecule has 0 amide bonds. The van der Waals surface area contributed by atoms with E-state index in [-0.39, 0.29) is 23.7 Å². The molecule has 4 saturated carbocycles. The molecule has 21 atom stereocenters. The summed E-state index contributed by atoms with van der Waals surface area (Å²) in [6.45, 7) is 17.8. The third-order valence-corrected chi connectivity index (χ3v) is 16.5. The Morgan fingerprint density at radius 3 is 2.13 bits per heavy atom. The predicted molar refractivity (Wildman–Crippen MR) is 201 cm³/mol. The lowest BCUT2D eigenvalue weighted by Gasteiger charge is -2.72. The van der Waals surface area contributed by atoms with Crippen molar-refractivity contribution in [1.29, 1.82) is 0 Å². The number of hydrogen-bond donors (Lipinski definition) is 9. The minimum Gasteiger partial charge on any atom is -0.394 e. The van der Waals surface area contributed by atoms with E-state index in [0.29, 0.717) is 32.1 Å². The Hall–Kier alpha value is -0.780. The predicted octanol–water partition coefficient (Wildman–Crippen LogP) is 2.15. The first kappa shape index (κ1) is 43.8. The van der Waals surface area contributed by atoms with Crippen LogP contribution in [0.4, 0.5) is 0 Å². The van der Waals surface area contributed by atoms with Gasteiger partial charge in [-0.1, -0.05) is 46.3 Å². The number of ether oxygens (including phenoxy) is 4. The number of fused-ring (bicyclic) bond motifs is 5. The van der Waals surface area contributed by atoms with Crippen LogP contribution in [0.2, 0.25) is 0 Å². The highest BCUT2D eigenvalue weighted by molar-refractivity contribution is 5.22. The number of aliphatic hydroxyl groups is 9. The minimum absolute atomic E-state index is 0.0411. The maximum absolute atomic E-state index is 12.3. The molecule has 2 aliphatic heterocycles. The molecule has 13 heteroatoms. The van der Waals surface area contributed by atoms with Crippen LogP contribution in [0.15, 0.2) is 11.6 Å². The summed E-state index contributed by atoms with van der Waals surface area (Å²) >= 11 is 0. The quantitative estimate of drug-likeness (QED) is 0.121. The van der Waals surface area contributed by atoms with Crippen LogP contribution in [-0.4, -0.2) is 138 Å². The zero-order chi connectivity index (χ0) is 40.8. The van der Waals surface area contributed by atoms with Crippen molar-refractivity contribution in [3.05, 3.63) is 11.6 Å². The second-order valence-corrected chi connectivity index (χ2v) is 20.3. The van der Waals surface area contributed by atoms with Gasteiger partial charge in [-0.25, -0.2) is 0 Å². The van der Waals surface area contributed by atoms with Crippen LogP contribution in [-0.2, 0) is 18.9 Å². The summed E-state index contributed by atoms with van der Waals surface area (Å²) in [6, 6.07) is 0. The van der Waals surface area contributed by atoms with Gasteiger partial charge in [-0.3, -0.25) is 0 Å². The molecule has 2 unspecified atom stereocenters. The second kappa shape index (κ2) is 15.4. The topological polar surface area (TPSA) is 219 Å². The lowest BCUT2D eigenvalue weighted by molar-refractivity contribution is -0.382. The molecule has 4 aliphatic carbocycles. The summed E-state index contributed by atoms with van der Waals surface area (Å²) in [5.74, 6) is -0.526. The van der Waals surface area contributed by atoms with E-state index in [4.69, 9.17) is 18.9 Å². The van der Waals surface area contributed by atoms with E-state index >= 15 is 0 Å². The van der Waals surface area contributed by atoms with E-state index in [2.05, 4.69) is 40.7 Å². The van der Waals surface area contributed by atoms with Gasteiger partial charge in [0, 0.05) is 0 Å². The van der Waals surface area contributed by atoms with Crippen LogP contribution in [0.1, 0.15) is 114 Å². The molecular weight excluding hydrogens is 712 g/mol. The standard InChI is InChI=1S/C42H72O13/c1-20(2)11-10-14-42(9,51)22-12-16-40(7)28(22)23(44)17-26-39(6)15-13-27(45)38(4,5)35(39)24(18-41(26,40)8)53-37-34(32(49)30(47)25(19-43)54-37)55-36-33(50)31(48)29(46)21(3)52-36/h11,21-37,43-51H,10,12-19H2,1-9H3/t21-,22-,23+,24-,25+,26?,27-,28?,29-,30+,31+,32-,33+,34+,35-,36+,37+,39+,40+,41+,42+/m0/s1. The summed E-state index contributed by atoms with van der Waals surface area (Å²) in [5.41, 5.74) is -1.71. The highest BCUT2D eigenvalue weighted by Crippen LogP contribution is 2.76. The van der Waals surface area contributed by atoms with Gasteiger partial charge in [0.1, 0.15) is 42.7 Å². The highest BCUT2D eigenvalue weighted by Gasteiger charge is 2.73. The van der Waals surface area contributed by atoms with Crippen LogP contribution < -0.4 is 0 Å². The summed E-state index contributed by atoms with van der Waals surface area (Å²) in [6.07, 6.45) is -8.99. The van der Waals surface area contributed by atoms with Crippen LogP contribution in [0, 0.1) is 45.3 Å². The van der Waals surface area contributed by atoms with E-state index in [9.17, 15) is 46.0 Å². The number of hydrogen-bond acceptors (Lipinski definition) is 13. The third kappa shape index (κ3) is 7.10. The molecule has 9 N–H and O–H groups in total. The molecule has 318 valence electrons. The highest BCUT2D eigenvalue weighted by atomic mass is 16.8. The Morgan fingerprint density at radius 2 is 1.49 bits per heavy atom. The van der Waals surface area contributed by atoms with Gasteiger partial charge in [0.25, 0.3) is 0 Å². The van der Waals surface area contributed by atoms with Crippen molar-refractivity contribution < 1.29 is 64.9 Å². The van der Waals surface area contributed by atoms with Crippen molar-refractivity contribution in [2.45, 2.75) is 199 Å². The Balaban J connectivity index is 1.38. The molecule has 0 aromatic carbocycles. The molecule has 0 aromatic heterocycles. The normalized spacial score (nSPS) is 53.4. The molecule has 0 spiro atoms. The van der Waals surface area contributed by atoms with Crippen molar-refractivity contribution in [2.75, 3.05) is 6.61 Å². The van der Waals surface area contributed by atoms with Gasteiger partial charge in [-0.05, 0) is 124 Å². The van der Waals surface area contributed by atoms with E-state index in [1.165, 1.54) is 12.5 Å². The summed E-state index contributed by atoms with van der Waals surface area (Å²) in [4.78, 5) is 0. The number of aliphatic hydroxyl groups excluding tert-OH is 8. The fourth-order valence-corrected chi connectivity index (χ4v) is 13.3. The molecule has 6 rings (SSSR count). The van der Waals surface area contributed by atoms with Gasteiger partial charge in [0.05, 0.1) is 36.6 Å². The van der Waals surface area contributed by atoms with Gasteiger partial charge < -0.3 is 64.9 Å². The first-order valence-electron chi connectivity index (χ1n) is 20.8. The van der Waals surface area contributed by atoms with Crippen LogP contribution >= 0.6 is 0 Å². The van der Waals surface area contributed by atoms with Crippen molar-refractivity contribution in [3.63, 3.8) is 0 Å². The Labute approximate surface area is 327 Å².